The van der Waals surface area contributed by atoms with Crippen LogP contribution in [0.3, 0.4) is 0 Å². The van der Waals surface area contributed by atoms with Gasteiger partial charge < -0.3 is 16.0 Å². The van der Waals surface area contributed by atoms with Crippen molar-refractivity contribution in [3.8, 4) is 0 Å². The first-order valence-corrected chi connectivity index (χ1v) is 8.95. The molecule has 0 aliphatic heterocycles. The van der Waals surface area contributed by atoms with E-state index in [1.165, 1.54) is 0 Å². The van der Waals surface area contributed by atoms with E-state index in [1.54, 1.807) is 12.1 Å². The van der Waals surface area contributed by atoms with Crippen LogP contribution in [0.25, 0.3) is 5.57 Å². The van der Waals surface area contributed by atoms with Crippen molar-refractivity contribution in [1.82, 2.24) is 16.0 Å². The molecule has 0 saturated heterocycles. The average molecular weight is 365 g/mol. The molecular weight excluding hydrogens is 338 g/mol. The van der Waals surface area contributed by atoms with E-state index in [9.17, 15) is 9.59 Å². The van der Waals surface area contributed by atoms with Gasteiger partial charge in [-0.15, -0.1) is 0 Å². The van der Waals surface area contributed by atoms with E-state index in [4.69, 9.17) is 0 Å². The summed E-state index contributed by atoms with van der Waals surface area (Å²) in [5.41, 5.74) is 3.08. The lowest BCUT2D eigenvalue weighted by atomic mass is 9.92. The Morgan fingerprint density at radius 2 is 1.56 bits per heavy atom. The molecule has 142 valence electrons. The zero-order valence-corrected chi connectivity index (χ0v) is 16.1. The summed E-state index contributed by atoms with van der Waals surface area (Å²) in [5.74, 6) is -0.158. The second-order valence-electron chi connectivity index (χ2n) is 6.99. The van der Waals surface area contributed by atoms with Crippen LogP contribution in [0, 0.1) is 0 Å². The number of carbonyl (C=O) groups is 2. The fourth-order valence-corrected chi connectivity index (χ4v) is 2.62. The van der Waals surface area contributed by atoms with Crippen LogP contribution in [-0.4, -0.2) is 25.0 Å². The smallest absolute Gasteiger partial charge is 0.315 e. The molecule has 0 bridgehead atoms. The second kappa shape index (κ2) is 9.03. The molecule has 0 heterocycles. The third kappa shape index (κ3) is 5.99. The van der Waals surface area contributed by atoms with Gasteiger partial charge >= 0.3 is 6.03 Å². The summed E-state index contributed by atoms with van der Waals surface area (Å²) in [4.78, 5) is 24.2. The molecule has 0 fully saturated rings. The Labute approximate surface area is 160 Å². The highest BCUT2D eigenvalue weighted by molar-refractivity contribution is 5.94. The molecular formula is C22H27N3O2. The van der Waals surface area contributed by atoms with Gasteiger partial charge in [-0.2, -0.15) is 0 Å². The van der Waals surface area contributed by atoms with E-state index in [1.807, 2.05) is 63.2 Å². The summed E-state index contributed by atoms with van der Waals surface area (Å²) < 4.78 is 0. The summed E-state index contributed by atoms with van der Waals surface area (Å²) in [6.45, 7) is 10.5. The van der Waals surface area contributed by atoms with E-state index in [0.717, 1.165) is 16.7 Å². The molecule has 5 heteroatoms. The van der Waals surface area contributed by atoms with Crippen molar-refractivity contribution in [3.63, 3.8) is 0 Å². The third-order valence-electron chi connectivity index (χ3n) is 4.24. The predicted molar refractivity (Wildman–Crippen MR) is 109 cm³/mol. The zero-order valence-electron chi connectivity index (χ0n) is 16.1. The molecule has 2 rings (SSSR count). The van der Waals surface area contributed by atoms with Gasteiger partial charge in [-0.05, 0) is 50.1 Å². The van der Waals surface area contributed by atoms with Gasteiger partial charge in [-0.25, -0.2) is 4.79 Å². The molecule has 3 N–H and O–H groups in total. The van der Waals surface area contributed by atoms with Crippen molar-refractivity contribution in [2.45, 2.75) is 26.3 Å². The van der Waals surface area contributed by atoms with Crippen LogP contribution in [0.15, 0.2) is 61.2 Å². The molecule has 3 amide bonds. The quantitative estimate of drug-likeness (QED) is 0.655. The third-order valence-corrected chi connectivity index (χ3v) is 4.24. The number of amides is 3. The van der Waals surface area contributed by atoms with Crippen molar-refractivity contribution >= 4 is 17.5 Å². The molecule has 5 nitrogen and oxygen atoms in total. The Bertz CT molecular complexity index is 813. The van der Waals surface area contributed by atoms with Crippen LogP contribution in [0.1, 0.15) is 42.3 Å². The normalized spacial score (nSPS) is 10.8. The van der Waals surface area contributed by atoms with Crippen LogP contribution in [-0.2, 0) is 5.54 Å². The van der Waals surface area contributed by atoms with Gasteiger partial charge in [0.15, 0.2) is 0 Å². The molecule has 0 radical (unpaired) electrons. The van der Waals surface area contributed by atoms with Crippen molar-refractivity contribution < 1.29 is 9.59 Å². The van der Waals surface area contributed by atoms with Gasteiger partial charge in [0.05, 0.1) is 5.54 Å². The van der Waals surface area contributed by atoms with Gasteiger partial charge in [-0.3, -0.25) is 4.79 Å². The highest BCUT2D eigenvalue weighted by atomic mass is 16.2. The minimum absolute atomic E-state index is 0.158. The number of rotatable bonds is 7. The maximum Gasteiger partial charge on any atom is 0.315 e. The molecule has 0 aliphatic rings. The summed E-state index contributed by atoms with van der Waals surface area (Å²) >= 11 is 0. The first kappa shape index (κ1) is 20.2. The van der Waals surface area contributed by atoms with Crippen molar-refractivity contribution in [1.29, 1.82) is 0 Å². The number of hydrogen-bond donors (Lipinski definition) is 3. The van der Waals surface area contributed by atoms with Crippen LogP contribution in [0.4, 0.5) is 4.79 Å². The standard InChI is InChI=1S/C22H27N3O2/c1-16(2)18-11-8-12-19(15-18)22(3,4)25-21(27)24-14-13-23-20(26)17-9-6-5-7-10-17/h5-12,15H,1,13-14H2,2-4H3,(H,23,26)(H2,24,25,27). The number of benzene rings is 2. The fourth-order valence-electron chi connectivity index (χ4n) is 2.62. The van der Waals surface area contributed by atoms with Gasteiger partial charge in [0.1, 0.15) is 0 Å². The largest absolute Gasteiger partial charge is 0.350 e. The minimum Gasteiger partial charge on any atom is -0.350 e. The van der Waals surface area contributed by atoms with E-state index < -0.39 is 5.54 Å². The maximum absolute atomic E-state index is 12.2. The molecule has 2 aromatic carbocycles. The van der Waals surface area contributed by atoms with E-state index in [0.29, 0.717) is 18.7 Å². The Balaban J connectivity index is 1.81. The summed E-state index contributed by atoms with van der Waals surface area (Å²) in [6, 6.07) is 16.7. The van der Waals surface area contributed by atoms with Gasteiger partial charge in [0.2, 0.25) is 0 Å². The fraction of sp³-hybridized carbons (Fsp3) is 0.273. The monoisotopic (exact) mass is 365 g/mol. The lowest BCUT2D eigenvalue weighted by Gasteiger charge is -2.27. The lowest BCUT2D eigenvalue weighted by molar-refractivity contribution is 0.0953. The molecule has 0 aromatic heterocycles. The average Bonchev–Trinajstić information content (AvgIpc) is 2.65. The minimum atomic E-state index is -0.539. The predicted octanol–water partition coefficient (Wildman–Crippen LogP) is 3.68. The van der Waals surface area contributed by atoms with E-state index in [2.05, 4.69) is 22.5 Å². The Morgan fingerprint density at radius 3 is 2.22 bits per heavy atom. The van der Waals surface area contributed by atoms with Crippen molar-refractivity contribution in [3.05, 3.63) is 77.9 Å². The molecule has 0 atom stereocenters. The molecule has 0 unspecified atom stereocenters. The highest BCUT2D eigenvalue weighted by Gasteiger charge is 2.23. The summed E-state index contributed by atoms with van der Waals surface area (Å²) in [7, 11) is 0. The molecule has 0 spiro atoms. The van der Waals surface area contributed by atoms with Crippen LogP contribution in [0.5, 0.6) is 0 Å². The SMILES string of the molecule is C=C(C)c1cccc(C(C)(C)NC(=O)NCCNC(=O)c2ccccc2)c1. The summed E-state index contributed by atoms with van der Waals surface area (Å²) in [6.07, 6.45) is 0. The number of hydrogen-bond acceptors (Lipinski definition) is 2. The Kier molecular flexibility index (Phi) is 6.77. The van der Waals surface area contributed by atoms with Crippen LogP contribution in [0.2, 0.25) is 0 Å². The van der Waals surface area contributed by atoms with Crippen LogP contribution < -0.4 is 16.0 Å². The molecule has 27 heavy (non-hydrogen) atoms. The topological polar surface area (TPSA) is 70.2 Å². The van der Waals surface area contributed by atoms with Crippen molar-refractivity contribution in [2.24, 2.45) is 0 Å². The Hall–Kier alpha value is -3.08. The maximum atomic E-state index is 12.2. The Morgan fingerprint density at radius 1 is 0.926 bits per heavy atom. The number of allylic oxidation sites excluding steroid dienone is 1. The van der Waals surface area contributed by atoms with Crippen molar-refractivity contribution in [2.75, 3.05) is 13.1 Å². The molecule has 0 saturated carbocycles. The first-order chi connectivity index (χ1) is 12.8. The molecule has 0 aliphatic carbocycles. The number of urea groups is 1. The zero-order chi connectivity index (χ0) is 19.9. The lowest BCUT2D eigenvalue weighted by Crippen LogP contribution is -2.48. The van der Waals surface area contributed by atoms with Gasteiger partial charge in [0.25, 0.3) is 5.91 Å². The van der Waals surface area contributed by atoms with E-state index in [-0.39, 0.29) is 11.9 Å². The van der Waals surface area contributed by atoms with Gasteiger partial charge in [-0.1, -0.05) is 48.6 Å². The van der Waals surface area contributed by atoms with Crippen LogP contribution >= 0.6 is 0 Å². The number of nitrogens with one attached hydrogen (secondary N) is 3. The molecule has 2 aromatic rings. The highest BCUT2D eigenvalue weighted by Crippen LogP contribution is 2.23. The van der Waals surface area contributed by atoms with E-state index >= 15 is 0 Å². The van der Waals surface area contributed by atoms with Gasteiger partial charge in [0, 0.05) is 18.7 Å². The summed E-state index contributed by atoms with van der Waals surface area (Å²) in [5, 5.41) is 8.51. The number of carbonyl (C=O) groups excluding carboxylic acids is 2. The first-order valence-electron chi connectivity index (χ1n) is 8.95. The second-order valence-corrected chi connectivity index (χ2v) is 6.99.